The van der Waals surface area contributed by atoms with Gasteiger partial charge in [0.2, 0.25) is 0 Å². The topological polar surface area (TPSA) is 65.3 Å². The summed E-state index contributed by atoms with van der Waals surface area (Å²) in [6.45, 7) is 1.91. The summed E-state index contributed by atoms with van der Waals surface area (Å²) >= 11 is 0. The number of hydrogen-bond donors (Lipinski definition) is 0. The van der Waals surface area contributed by atoms with Gasteiger partial charge in [-0.15, -0.1) is 0 Å². The third-order valence-corrected chi connectivity index (χ3v) is 3.62. The Morgan fingerprint density at radius 1 is 1.27 bits per heavy atom. The number of amides is 1. The predicted molar refractivity (Wildman–Crippen MR) is 78.0 cm³/mol. The average molecular weight is 304 g/mol. The van der Waals surface area contributed by atoms with Gasteiger partial charge in [0.15, 0.2) is 0 Å². The highest BCUT2D eigenvalue weighted by molar-refractivity contribution is 5.67. The summed E-state index contributed by atoms with van der Waals surface area (Å²) in [4.78, 5) is 18.9. The van der Waals surface area contributed by atoms with E-state index in [1.54, 1.807) is 9.91 Å². The molecule has 3 rings (SSSR count). The molecule has 1 fully saturated rings. The molecule has 118 valence electrons. The predicted octanol–water partition coefficient (Wildman–Crippen LogP) is 2.38. The highest BCUT2D eigenvalue weighted by Gasteiger charge is 2.25. The van der Waals surface area contributed by atoms with Crippen molar-refractivity contribution in [3.63, 3.8) is 0 Å². The monoisotopic (exact) mass is 304 g/mol. The third-order valence-electron chi connectivity index (χ3n) is 3.62. The molecule has 0 aromatic heterocycles. The highest BCUT2D eigenvalue weighted by atomic mass is 16.8. The Balaban J connectivity index is 1.56. The number of rotatable bonds is 3. The lowest BCUT2D eigenvalue weighted by atomic mass is 10.2. The SMILES string of the molecule is COC1=C2CCN(C(=O)OCc3ccccc3)CCN2[N-]O1. The molecule has 0 spiro atoms. The molecule has 0 N–H and O–H groups in total. The molecule has 0 atom stereocenters. The number of methoxy groups -OCH3 is 1. The lowest BCUT2D eigenvalue weighted by Gasteiger charge is -2.29. The van der Waals surface area contributed by atoms with Gasteiger partial charge < -0.3 is 29.8 Å². The van der Waals surface area contributed by atoms with Crippen LogP contribution >= 0.6 is 0 Å². The normalized spacial score (nSPS) is 17.7. The number of carbonyl (C=O) groups excluding carboxylic acids is 1. The van der Waals surface area contributed by atoms with Crippen LogP contribution in [0, 0.1) is 0 Å². The maximum absolute atomic E-state index is 12.2. The van der Waals surface area contributed by atoms with Gasteiger partial charge in [0.1, 0.15) is 6.61 Å². The summed E-state index contributed by atoms with van der Waals surface area (Å²) in [5.41, 5.74) is 5.75. The van der Waals surface area contributed by atoms with Gasteiger partial charge in [-0.1, -0.05) is 30.3 Å². The quantitative estimate of drug-likeness (QED) is 0.858. The fourth-order valence-electron chi connectivity index (χ4n) is 2.42. The van der Waals surface area contributed by atoms with Gasteiger partial charge in [-0.3, -0.25) is 0 Å². The molecule has 1 aromatic carbocycles. The second kappa shape index (κ2) is 6.57. The Morgan fingerprint density at radius 3 is 2.86 bits per heavy atom. The van der Waals surface area contributed by atoms with E-state index < -0.39 is 0 Å². The van der Waals surface area contributed by atoms with E-state index >= 15 is 0 Å². The minimum atomic E-state index is -0.314. The second-order valence-corrected chi connectivity index (χ2v) is 5.01. The molecular weight excluding hydrogens is 286 g/mol. The number of benzene rings is 1. The summed E-state index contributed by atoms with van der Waals surface area (Å²) in [6.07, 6.45) is 0.304. The minimum Gasteiger partial charge on any atom is -0.543 e. The first kappa shape index (κ1) is 14.5. The van der Waals surface area contributed by atoms with Gasteiger partial charge in [-0.25, -0.2) is 4.79 Å². The standard InChI is InChI=1S/C15H18N3O4/c1-20-14-13-7-8-17(9-10-18(13)16-22-14)15(19)21-11-12-5-3-2-4-6-12/h2-6H,7-11H2,1H3/q-1. The van der Waals surface area contributed by atoms with Crippen molar-refractivity contribution in [2.75, 3.05) is 26.7 Å². The van der Waals surface area contributed by atoms with Gasteiger partial charge in [0.25, 0.3) is 5.95 Å². The zero-order valence-corrected chi connectivity index (χ0v) is 12.4. The molecule has 1 aromatic rings. The van der Waals surface area contributed by atoms with Crippen LogP contribution in [0.25, 0.3) is 5.59 Å². The Labute approximate surface area is 129 Å². The van der Waals surface area contributed by atoms with E-state index in [-0.39, 0.29) is 12.7 Å². The van der Waals surface area contributed by atoms with Crippen molar-refractivity contribution in [2.45, 2.75) is 13.0 Å². The van der Waals surface area contributed by atoms with E-state index in [2.05, 4.69) is 5.59 Å². The molecule has 0 aliphatic carbocycles. The van der Waals surface area contributed by atoms with E-state index in [1.807, 2.05) is 30.3 Å². The summed E-state index contributed by atoms with van der Waals surface area (Å²) < 4.78 is 10.5. The van der Waals surface area contributed by atoms with Gasteiger partial charge in [-0.05, 0) is 5.56 Å². The Kier molecular flexibility index (Phi) is 4.34. The van der Waals surface area contributed by atoms with Crippen molar-refractivity contribution in [3.8, 4) is 0 Å². The molecule has 0 bridgehead atoms. The molecule has 2 aliphatic rings. The fourth-order valence-corrected chi connectivity index (χ4v) is 2.42. The zero-order chi connectivity index (χ0) is 15.4. The van der Waals surface area contributed by atoms with Gasteiger partial charge >= 0.3 is 6.09 Å². The van der Waals surface area contributed by atoms with Crippen molar-refractivity contribution in [2.24, 2.45) is 0 Å². The van der Waals surface area contributed by atoms with Crippen molar-refractivity contribution in [1.82, 2.24) is 9.91 Å². The molecule has 0 radical (unpaired) electrons. The van der Waals surface area contributed by atoms with Crippen molar-refractivity contribution in [1.29, 1.82) is 0 Å². The highest BCUT2D eigenvalue weighted by Crippen LogP contribution is 2.30. The van der Waals surface area contributed by atoms with Gasteiger partial charge in [-0.2, -0.15) is 0 Å². The Bertz CT molecular complexity index is 561. The van der Waals surface area contributed by atoms with E-state index in [0.717, 1.165) is 11.3 Å². The summed E-state index contributed by atoms with van der Waals surface area (Å²) in [5, 5.41) is 1.73. The van der Waals surface area contributed by atoms with Crippen LogP contribution < -0.4 is 0 Å². The van der Waals surface area contributed by atoms with E-state index in [1.165, 1.54) is 7.11 Å². The molecule has 1 amide bonds. The van der Waals surface area contributed by atoms with E-state index in [4.69, 9.17) is 14.3 Å². The number of hydrogen-bond acceptors (Lipinski definition) is 5. The molecule has 7 nitrogen and oxygen atoms in total. The van der Waals surface area contributed by atoms with Crippen molar-refractivity contribution < 1.29 is 19.1 Å². The lowest BCUT2D eigenvalue weighted by Crippen LogP contribution is -2.34. The van der Waals surface area contributed by atoms with Crippen LogP contribution in [-0.2, 0) is 20.9 Å². The Hall–Kier alpha value is -2.41. The fraction of sp³-hybridized carbons (Fsp3) is 0.400. The van der Waals surface area contributed by atoms with E-state index in [0.29, 0.717) is 32.0 Å². The van der Waals surface area contributed by atoms with Crippen LogP contribution in [0.1, 0.15) is 12.0 Å². The maximum atomic E-state index is 12.2. The van der Waals surface area contributed by atoms with Crippen LogP contribution in [0.5, 0.6) is 0 Å². The third kappa shape index (κ3) is 3.09. The number of carbonyl (C=O) groups is 1. The molecule has 7 heteroatoms. The molecule has 1 saturated heterocycles. The van der Waals surface area contributed by atoms with Crippen molar-refractivity contribution >= 4 is 6.09 Å². The molecule has 0 unspecified atom stereocenters. The first-order valence-electron chi connectivity index (χ1n) is 7.16. The average Bonchev–Trinajstić information content (AvgIpc) is 2.83. The maximum Gasteiger partial charge on any atom is 0.410 e. The largest absolute Gasteiger partial charge is 0.543 e. The van der Waals surface area contributed by atoms with Crippen LogP contribution in [0.2, 0.25) is 0 Å². The number of ether oxygens (including phenoxy) is 2. The van der Waals surface area contributed by atoms with E-state index in [9.17, 15) is 4.79 Å². The Morgan fingerprint density at radius 2 is 2.09 bits per heavy atom. The number of nitrogens with zero attached hydrogens (tertiary/aromatic N) is 3. The van der Waals surface area contributed by atoms with Gasteiger partial charge in [0, 0.05) is 26.1 Å². The number of fused-ring (bicyclic) bond motifs is 1. The minimum absolute atomic E-state index is 0.277. The van der Waals surface area contributed by atoms with Crippen LogP contribution in [0.15, 0.2) is 42.0 Å². The van der Waals surface area contributed by atoms with Crippen LogP contribution in [0.4, 0.5) is 4.79 Å². The summed E-state index contributed by atoms with van der Waals surface area (Å²) in [7, 11) is 1.54. The zero-order valence-electron chi connectivity index (χ0n) is 12.4. The van der Waals surface area contributed by atoms with Crippen LogP contribution in [0.3, 0.4) is 0 Å². The molecule has 2 aliphatic heterocycles. The molecule has 2 heterocycles. The van der Waals surface area contributed by atoms with Crippen molar-refractivity contribution in [3.05, 3.63) is 53.1 Å². The molecule has 0 saturated carbocycles. The van der Waals surface area contributed by atoms with Gasteiger partial charge in [0.05, 0.1) is 12.8 Å². The smallest absolute Gasteiger partial charge is 0.410 e. The lowest BCUT2D eigenvalue weighted by molar-refractivity contribution is 0.0902. The summed E-state index contributed by atoms with van der Waals surface area (Å²) in [5.74, 6) is 0.402. The second-order valence-electron chi connectivity index (χ2n) is 5.01. The first-order chi connectivity index (χ1) is 10.8. The van der Waals surface area contributed by atoms with Crippen LogP contribution in [-0.4, -0.2) is 42.7 Å². The summed E-state index contributed by atoms with van der Waals surface area (Å²) in [6, 6.07) is 9.63. The first-order valence-corrected chi connectivity index (χ1v) is 7.16. The molecular formula is C15H18N3O4-. The molecule has 22 heavy (non-hydrogen) atoms.